The summed E-state index contributed by atoms with van der Waals surface area (Å²) in [5, 5.41) is 2.67. The van der Waals surface area contributed by atoms with Crippen LogP contribution in [0, 0.1) is 5.82 Å². The summed E-state index contributed by atoms with van der Waals surface area (Å²) < 4.78 is 41.4. The molecule has 3 aromatic rings. The highest BCUT2D eigenvalue weighted by Crippen LogP contribution is 2.28. The molecule has 1 amide bonds. The predicted octanol–water partition coefficient (Wildman–Crippen LogP) is 4.57. The molecule has 0 bridgehead atoms. The monoisotopic (exact) mass is 443 g/mol. The van der Waals surface area contributed by atoms with E-state index in [4.69, 9.17) is 0 Å². The van der Waals surface area contributed by atoms with E-state index in [1.54, 1.807) is 36.4 Å². The fraction of sp³-hybridized carbons (Fsp3) is 0.176. The summed E-state index contributed by atoms with van der Waals surface area (Å²) in [4.78, 5) is 16.4. The molecule has 9 heteroatoms. The number of nitrogens with zero attached hydrogens (tertiary/aromatic N) is 2. The van der Waals surface area contributed by atoms with Gasteiger partial charge >= 0.3 is 0 Å². The minimum absolute atomic E-state index is 0.00589. The van der Waals surface area contributed by atoms with Gasteiger partial charge in [0.2, 0.25) is 5.91 Å². The van der Waals surface area contributed by atoms with E-state index in [1.165, 1.54) is 10.6 Å². The van der Waals surface area contributed by atoms with Crippen molar-refractivity contribution >= 4 is 44.6 Å². The zero-order chi connectivity index (χ0) is 18.7. The normalized spacial score (nSPS) is 11.3. The lowest BCUT2D eigenvalue weighted by atomic mass is 10.2. The van der Waals surface area contributed by atoms with Crippen molar-refractivity contribution in [1.29, 1.82) is 0 Å². The van der Waals surface area contributed by atoms with Gasteiger partial charge in [0.15, 0.2) is 5.16 Å². The van der Waals surface area contributed by atoms with Crippen LogP contribution in [0.1, 0.15) is 5.56 Å². The van der Waals surface area contributed by atoms with Gasteiger partial charge in [-0.1, -0.05) is 28.1 Å². The van der Waals surface area contributed by atoms with Gasteiger partial charge in [-0.05, 0) is 42.1 Å². The van der Waals surface area contributed by atoms with Crippen molar-refractivity contribution in [3.63, 3.8) is 0 Å². The number of halogens is 4. The van der Waals surface area contributed by atoms with Crippen molar-refractivity contribution in [2.24, 2.45) is 0 Å². The average Bonchev–Trinajstić information content (AvgIpc) is 2.92. The summed E-state index contributed by atoms with van der Waals surface area (Å²) >= 11 is 3.53. The van der Waals surface area contributed by atoms with Gasteiger partial charge in [0.25, 0.3) is 5.76 Å². The number of imidazole rings is 1. The van der Waals surface area contributed by atoms with Gasteiger partial charge in [0.1, 0.15) is 12.4 Å². The molecule has 0 aliphatic heterocycles. The summed E-state index contributed by atoms with van der Waals surface area (Å²) in [6.07, 6.45) is 0. The maximum absolute atomic E-state index is 13.7. The molecule has 2 aromatic carbocycles. The number of aromatic nitrogens is 2. The van der Waals surface area contributed by atoms with E-state index < -0.39 is 17.5 Å². The largest absolute Gasteiger partial charge is 0.350 e. The second-order valence-electron chi connectivity index (χ2n) is 5.36. The number of thioether (sulfide) groups is 1. The second kappa shape index (κ2) is 8.13. The minimum Gasteiger partial charge on any atom is -0.350 e. The van der Waals surface area contributed by atoms with E-state index in [0.29, 0.717) is 21.1 Å². The smallest absolute Gasteiger partial charge is 0.291 e. The fourth-order valence-corrected chi connectivity index (χ4v) is 3.46. The van der Waals surface area contributed by atoms with Crippen LogP contribution >= 0.6 is 27.7 Å². The molecule has 3 rings (SSSR count). The molecule has 136 valence electrons. The van der Waals surface area contributed by atoms with E-state index >= 15 is 0 Å². The number of benzene rings is 2. The molecule has 1 heterocycles. The number of nitrogens with one attached hydrogen (secondary N) is 1. The molecular weight excluding hydrogens is 431 g/mol. The van der Waals surface area contributed by atoms with Gasteiger partial charge in [-0.3, -0.25) is 4.79 Å². The topological polar surface area (TPSA) is 46.9 Å². The Morgan fingerprint density at radius 1 is 1.27 bits per heavy atom. The molecule has 1 aromatic heterocycles. The van der Waals surface area contributed by atoms with E-state index in [9.17, 15) is 18.0 Å². The zero-order valence-corrected chi connectivity index (χ0v) is 15.7. The molecule has 0 radical (unpaired) electrons. The molecule has 0 aliphatic rings. The van der Waals surface area contributed by atoms with E-state index in [-0.39, 0.29) is 30.0 Å². The van der Waals surface area contributed by atoms with E-state index in [0.717, 1.165) is 0 Å². The Morgan fingerprint density at radius 2 is 2.04 bits per heavy atom. The van der Waals surface area contributed by atoms with Crippen LogP contribution in [0.15, 0.2) is 52.1 Å². The lowest BCUT2D eigenvalue weighted by Gasteiger charge is -2.10. The molecule has 0 aliphatic carbocycles. The van der Waals surface area contributed by atoms with Gasteiger partial charge in [0.05, 0.1) is 11.0 Å². The van der Waals surface area contributed by atoms with Crippen LogP contribution in [-0.2, 0) is 17.9 Å². The molecule has 1 N–H and O–H groups in total. The number of amides is 1. The van der Waals surface area contributed by atoms with Crippen LogP contribution in [0.3, 0.4) is 0 Å². The summed E-state index contributed by atoms with van der Waals surface area (Å²) in [5.41, 5.74) is 1.44. The number of para-hydroxylation sites is 2. The molecule has 26 heavy (non-hydrogen) atoms. The number of carbonyl (C=O) groups is 1. The Morgan fingerprint density at radius 3 is 2.81 bits per heavy atom. The number of rotatable bonds is 6. The van der Waals surface area contributed by atoms with Crippen molar-refractivity contribution in [2.45, 2.75) is 24.0 Å². The zero-order valence-electron chi connectivity index (χ0n) is 13.3. The molecule has 0 atom stereocenters. The Balaban J connectivity index is 1.77. The molecule has 0 saturated heterocycles. The Bertz CT molecular complexity index is 948. The van der Waals surface area contributed by atoms with Crippen LogP contribution in [0.4, 0.5) is 13.2 Å². The van der Waals surface area contributed by atoms with Crippen LogP contribution < -0.4 is 5.32 Å². The Labute approximate surface area is 159 Å². The first-order valence-electron chi connectivity index (χ1n) is 7.55. The van der Waals surface area contributed by atoms with Crippen molar-refractivity contribution < 1.29 is 18.0 Å². The summed E-state index contributed by atoms with van der Waals surface area (Å²) in [6, 6.07) is 11.3. The minimum atomic E-state index is -2.65. The van der Waals surface area contributed by atoms with Gasteiger partial charge in [0, 0.05) is 16.6 Å². The van der Waals surface area contributed by atoms with E-state index in [2.05, 4.69) is 26.2 Å². The molecule has 0 unspecified atom stereocenters. The number of hydrogen-bond donors (Lipinski definition) is 1. The van der Waals surface area contributed by atoms with Crippen LogP contribution in [-0.4, -0.2) is 21.2 Å². The predicted molar refractivity (Wildman–Crippen MR) is 97.5 cm³/mol. The Kier molecular flexibility index (Phi) is 5.87. The fourth-order valence-electron chi connectivity index (χ4n) is 2.45. The second-order valence-corrected chi connectivity index (χ2v) is 7.23. The number of hydrogen-bond acceptors (Lipinski definition) is 3. The molecule has 0 spiro atoms. The third-order valence-electron chi connectivity index (χ3n) is 3.60. The first-order valence-corrected chi connectivity index (χ1v) is 9.22. The van der Waals surface area contributed by atoms with Crippen molar-refractivity contribution in [3.8, 4) is 0 Å². The van der Waals surface area contributed by atoms with Gasteiger partial charge in [-0.15, -0.1) is 0 Å². The quantitative estimate of drug-likeness (QED) is 0.567. The molecular formula is C17H13BrF3N3OS. The van der Waals surface area contributed by atoms with Gasteiger partial charge < -0.3 is 9.88 Å². The number of alkyl halides is 2. The van der Waals surface area contributed by atoms with Crippen LogP contribution in [0.2, 0.25) is 0 Å². The van der Waals surface area contributed by atoms with Crippen molar-refractivity contribution in [2.75, 3.05) is 0 Å². The highest BCUT2D eigenvalue weighted by atomic mass is 79.9. The third kappa shape index (κ3) is 4.39. The van der Waals surface area contributed by atoms with Crippen LogP contribution in [0.25, 0.3) is 11.0 Å². The summed E-state index contributed by atoms with van der Waals surface area (Å²) in [5.74, 6) is -3.51. The van der Waals surface area contributed by atoms with E-state index in [1.807, 2.05) is 0 Å². The maximum atomic E-state index is 13.7. The van der Waals surface area contributed by atoms with Crippen LogP contribution in [0.5, 0.6) is 0 Å². The molecule has 0 fully saturated rings. The van der Waals surface area contributed by atoms with Crippen molar-refractivity contribution in [1.82, 2.24) is 14.9 Å². The third-order valence-corrected chi connectivity index (χ3v) is 4.79. The maximum Gasteiger partial charge on any atom is 0.291 e. The van der Waals surface area contributed by atoms with Gasteiger partial charge in [-0.2, -0.15) is 8.78 Å². The summed E-state index contributed by atoms with van der Waals surface area (Å²) in [6.45, 7) is -0.195. The standard InChI is InChI=1S/C17H13BrF3N3OS/c18-11-5-6-12(19)10(7-11)8-22-15(25)9-24-14-4-2-1-3-13(14)23-17(24)26-16(20)21/h1-7,16H,8-9H2,(H,22,25). The SMILES string of the molecule is O=C(Cn1c(SC(F)F)nc2ccccc21)NCc1cc(Br)ccc1F. The Hall–Kier alpha value is -2.00. The number of carbonyl (C=O) groups excluding carboxylic acids is 1. The highest BCUT2D eigenvalue weighted by Gasteiger charge is 2.17. The van der Waals surface area contributed by atoms with Gasteiger partial charge in [-0.25, -0.2) is 9.37 Å². The molecule has 4 nitrogen and oxygen atoms in total. The lowest BCUT2D eigenvalue weighted by Crippen LogP contribution is -2.27. The number of fused-ring (bicyclic) bond motifs is 1. The highest BCUT2D eigenvalue weighted by molar-refractivity contribution is 9.10. The summed E-state index contributed by atoms with van der Waals surface area (Å²) in [7, 11) is 0. The average molecular weight is 444 g/mol. The lowest BCUT2D eigenvalue weighted by molar-refractivity contribution is -0.121. The first kappa shape index (κ1) is 18.8. The molecule has 0 saturated carbocycles. The van der Waals surface area contributed by atoms with Crippen molar-refractivity contribution in [3.05, 3.63) is 58.3 Å². The first-order chi connectivity index (χ1) is 12.4.